The zero-order valence-electron chi connectivity index (χ0n) is 14.2. The molecule has 122 valence electrons. The lowest BCUT2D eigenvalue weighted by Gasteiger charge is -2.26. The lowest BCUT2D eigenvalue weighted by atomic mass is 9.93. The molecule has 1 atom stereocenters. The van der Waals surface area contributed by atoms with Gasteiger partial charge in [0, 0.05) is 38.2 Å². The van der Waals surface area contributed by atoms with Gasteiger partial charge in [0.05, 0.1) is 13.7 Å². The number of ether oxygens (including phenoxy) is 2. The van der Waals surface area contributed by atoms with Crippen molar-refractivity contribution in [1.82, 2.24) is 9.97 Å². The van der Waals surface area contributed by atoms with Crippen LogP contribution in [0.25, 0.3) is 0 Å². The molecule has 1 aromatic heterocycles. The van der Waals surface area contributed by atoms with E-state index in [0.29, 0.717) is 12.5 Å². The summed E-state index contributed by atoms with van der Waals surface area (Å²) >= 11 is 0. The summed E-state index contributed by atoms with van der Waals surface area (Å²) in [7, 11) is 5.69. The van der Waals surface area contributed by atoms with Gasteiger partial charge in [-0.3, -0.25) is 0 Å². The number of hydrogen-bond acceptors (Lipinski definition) is 5. The third kappa shape index (κ3) is 3.23. The third-order valence-corrected chi connectivity index (χ3v) is 4.14. The smallest absolute Gasteiger partial charge is 0.164 e. The summed E-state index contributed by atoms with van der Waals surface area (Å²) in [6.45, 7) is 2.70. The van der Waals surface area contributed by atoms with Crippen LogP contribution in [0.1, 0.15) is 17.0 Å². The number of aryl methyl sites for hydroxylation is 1. The van der Waals surface area contributed by atoms with Crippen molar-refractivity contribution in [1.29, 1.82) is 0 Å². The Morgan fingerprint density at radius 3 is 2.91 bits per heavy atom. The Labute approximate surface area is 137 Å². The number of fused-ring (bicyclic) bond motifs is 1. The molecule has 1 aliphatic heterocycles. The average Bonchev–Trinajstić information content (AvgIpc) is 2.55. The number of aromatic nitrogens is 2. The van der Waals surface area contributed by atoms with Gasteiger partial charge >= 0.3 is 0 Å². The van der Waals surface area contributed by atoms with Crippen molar-refractivity contribution in [3.8, 4) is 11.5 Å². The summed E-state index contributed by atoms with van der Waals surface area (Å²) in [4.78, 5) is 11.2. The number of para-hydroxylation sites is 1. The third-order valence-electron chi connectivity index (χ3n) is 4.14. The van der Waals surface area contributed by atoms with Crippen LogP contribution in [0, 0.1) is 12.8 Å². The summed E-state index contributed by atoms with van der Waals surface area (Å²) in [6.07, 6.45) is 3.68. The van der Waals surface area contributed by atoms with Gasteiger partial charge in [-0.1, -0.05) is 12.1 Å². The van der Waals surface area contributed by atoms with Crippen LogP contribution in [0.2, 0.25) is 0 Å². The Hall–Kier alpha value is -2.30. The van der Waals surface area contributed by atoms with Crippen LogP contribution in [0.15, 0.2) is 24.4 Å². The van der Waals surface area contributed by atoms with Crippen molar-refractivity contribution < 1.29 is 9.47 Å². The van der Waals surface area contributed by atoms with Gasteiger partial charge in [0.2, 0.25) is 0 Å². The highest BCUT2D eigenvalue weighted by Crippen LogP contribution is 2.36. The molecular formula is C18H23N3O2. The first-order valence-electron chi connectivity index (χ1n) is 7.87. The first-order chi connectivity index (χ1) is 11.1. The lowest BCUT2D eigenvalue weighted by molar-refractivity contribution is 0.209. The number of methoxy groups -OCH3 is 1. The van der Waals surface area contributed by atoms with Crippen LogP contribution in [0.3, 0.4) is 0 Å². The molecule has 0 aliphatic carbocycles. The minimum atomic E-state index is 0.382. The van der Waals surface area contributed by atoms with Gasteiger partial charge < -0.3 is 14.4 Å². The number of nitrogens with zero attached hydrogens (tertiary/aromatic N) is 3. The van der Waals surface area contributed by atoms with Crippen molar-refractivity contribution in [2.75, 3.05) is 32.7 Å². The summed E-state index contributed by atoms with van der Waals surface area (Å²) in [5, 5.41) is 0. The first-order valence-corrected chi connectivity index (χ1v) is 7.87. The van der Waals surface area contributed by atoms with Crippen molar-refractivity contribution in [3.05, 3.63) is 41.3 Å². The van der Waals surface area contributed by atoms with E-state index in [2.05, 4.69) is 11.1 Å². The van der Waals surface area contributed by atoms with E-state index in [1.54, 1.807) is 7.11 Å². The molecule has 0 spiro atoms. The maximum Gasteiger partial charge on any atom is 0.164 e. The van der Waals surface area contributed by atoms with E-state index < -0.39 is 0 Å². The van der Waals surface area contributed by atoms with Crippen LogP contribution < -0.4 is 14.4 Å². The van der Waals surface area contributed by atoms with E-state index in [0.717, 1.165) is 41.5 Å². The molecular weight excluding hydrogens is 290 g/mol. The second kappa shape index (κ2) is 6.44. The fourth-order valence-corrected chi connectivity index (χ4v) is 3.03. The van der Waals surface area contributed by atoms with Gasteiger partial charge in [-0.15, -0.1) is 0 Å². The monoisotopic (exact) mass is 313 g/mol. The topological polar surface area (TPSA) is 47.5 Å². The highest BCUT2D eigenvalue weighted by Gasteiger charge is 2.24. The van der Waals surface area contributed by atoms with E-state index in [4.69, 9.17) is 14.5 Å². The first kappa shape index (κ1) is 15.6. The molecule has 0 unspecified atom stereocenters. The zero-order chi connectivity index (χ0) is 16.4. The molecule has 1 aliphatic rings. The Morgan fingerprint density at radius 2 is 2.17 bits per heavy atom. The van der Waals surface area contributed by atoms with Gasteiger partial charge in [0.1, 0.15) is 11.6 Å². The molecule has 0 radical (unpaired) electrons. The number of rotatable bonds is 4. The minimum Gasteiger partial charge on any atom is -0.493 e. The van der Waals surface area contributed by atoms with E-state index in [-0.39, 0.29) is 0 Å². The van der Waals surface area contributed by atoms with Crippen molar-refractivity contribution in [2.45, 2.75) is 19.8 Å². The minimum absolute atomic E-state index is 0.382. The van der Waals surface area contributed by atoms with Crippen molar-refractivity contribution >= 4 is 5.82 Å². The van der Waals surface area contributed by atoms with Crippen LogP contribution in [-0.2, 0) is 12.8 Å². The van der Waals surface area contributed by atoms with Crippen molar-refractivity contribution in [3.63, 3.8) is 0 Å². The SMILES string of the molecule is COc1cccc2c1OC[C@H](Cc1ncc(C)c(N(C)C)n1)C2. The van der Waals surface area contributed by atoms with Gasteiger partial charge in [0.15, 0.2) is 11.5 Å². The highest BCUT2D eigenvalue weighted by molar-refractivity contribution is 5.48. The van der Waals surface area contributed by atoms with E-state index in [1.165, 1.54) is 5.56 Å². The second-order valence-electron chi connectivity index (χ2n) is 6.22. The molecule has 0 bridgehead atoms. The highest BCUT2D eigenvalue weighted by atomic mass is 16.5. The number of anilines is 1. The second-order valence-corrected chi connectivity index (χ2v) is 6.22. The van der Waals surface area contributed by atoms with E-state index >= 15 is 0 Å². The zero-order valence-corrected chi connectivity index (χ0v) is 14.2. The Bertz CT molecular complexity index is 701. The maximum atomic E-state index is 5.94. The number of hydrogen-bond donors (Lipinski definition) is 0. The lowest BCUT2D eigenvalue weighted by Crippen LogP contribution is -2.24. The molecule has 23 heavy (non-hydrogen) atoms. The van der Waals surface area contributed by atoms with Gasteiger partial charge in [-0.2, -0.15) is 0 Å². The molecule has 0 N–H and O–H groups in total. The largest absolute Gasteiger partial charge is 0.493 e. The van der Waals surface area contributed by atoms with Crippen LogP contribution in [0.4, 0.5) is 5.82 Å². The predicted molar refractivity (Wildman–Crippen MR) is 90.5 cm³/mol. The predicted octanol–water partition coefficient (Wildman–Crippen LogP) is 2.65. The summed E-state index contributed by atoms with van der Waals surface area (Å²) < 4.78 is 11.3. The van der Waals surface area contributed by atoms with Gasteiger partial charge in [0.25, 0.3) is 0 Å². The standard InChI is InChI=1S/C18H23N3O2/c1-12-10-19-16(20-18(12)21(2)3)9-13-8-14-6-5-7-15(22-4)17(14)23-11-13/h5-7,10,13H,8-9,11H2,1-4H3/t13-/m0/s1. The molecule has 2 heterocycles. The average molecular weight is 313 g/mol. The quantitative estimate of drug-likeness (QED) is 0.868. The Balaban J connectivity index is 1.76. The molecule has 2 aromatic rings. The summed E-state index contributed by atoms with van der Waals surface area (Å²) in [5.74, 6) is 3.92. The van der Waals surface area contributed by atoms with E-state index in [9.17, 15) is 0 Å². The maximum absolute atomic E-state index is 5.94. The Kier molecular flexibility index (Phi) is 4.37. The Morgan fingerprint density at radius 1 is 1.35 bits per heavy atom. The molecule has 5 heteroatoms. The summed E-state index contributed by atoms with van der Waals surface area (Å²) in [6, 6.07) is 6.05. The molecule has 0 fully saturated rings. The molecule has 5 nitrogen and oxygen atoms in total. The fourth-order valence-electron chi connectivity index (χ4n) is 3.03. The van der Waals surface area contributed by atoms with Crippen LogP contribution >= 0.6 is 0 Å². The van der Waals surface area contributed by atoms with Crippen LogP contribution in [0.5, 0.6) is 11.5 Å². The van der Waals surface area contributed by atoms with Crippen LogP contribution in [-0.4, -0.2) is 37.8 Å². The molecule has 0 saturated heterocycles. The van der Waals surface area contributed by atoms with Gasteiger partial charge in [-0.05, 0) is 25.0 Å². The van der Waals surface area contributed by atoms with Crippen molar-refractivity contribution in [2.24, 2.45) is 5.92 Å². The molecule has 0 amide bonds. The fraction of sp³-hybridized carbons (Fsp3) is 0.444. The van der Waals surface area contributed by atoms with E-state index in [1.807, 2.05) is 44.2 Å². The normalized spacial score (nSPS) is 16.4. The molecule has 1 aromatic carbocycles. The molecule has 0 saturated carbocycles. The summed E-state index contributed by atoms with van der Waals surface area (Å²) in [5.41, 5.74) is 2.29. The number of benzene rings is 1. The van der Waals surface area contributed by atoms with Gasteiger partial charge in [-0.25, -0.2) is 9.97 Å². The molecule has 3 rings (SSSR count).